The SMILES string of the molecule is CCCNC(C)c1nnc(-c2ccc(C)c(OC)c2)o1. The van der Waals surface area contributed by atoms with E-state index in [1.54, 1.807) is 7.11 Å². The summed E-state index contributed by atoms with van der Waals surface area (Å²) in [4.78, 5) is 0. The van der Waals surface area contributed by atoms with Crippen molar-refractivity contribution in [3.05, 3.63) is 29.7 Å². The molecule has 0 aliphatic heterocycles. The molecule has 5 nitrogen and oxygen atoms in total. The molecule has 108 valence electrons. The summed E-state index contributed by atoms with van der Waals surface area (Å²) >= 11 is 0. The number of aromatic nitrogens is 2. The molecule has 0 fully saturated rings. The van der Waals surface area contributed by atoms with E-state index in [0.29, 0.717) is 11.8 Å². The molecule has 0 bridgehead atoms. The van der Waals surface area contributed by atoms with Gasteiger partial charge >= 0.3 is 0 Å². The second-order valence-electron chi connectivity index (χ2n) is 4.81. The Balaban J connectivity index is 2.20. The molecule has 0 aliphatic carbocycles. The Morgan fingerprint density at radius 1 is 1.35 bits per heavy atom. The zero-order valence-electron chi connectivity index (χ0n) is 12.4. The fraction of sp³-hybridized carbons (Fsp3) is 0.467. The van der Waals surface area contributed by atoms with Crippen molar-refractivity contribution in [2.24, 2.45) is 0 Å². The number of rotatable bonds is 6. The topological polar surface area (TPSA) is 60.2 Å². The molecular formula is C15H21N3O2. The van der Waals surface area contributed by atoms with Crippen molar-refractivity contribution in [2.45, 2.75) is 33.2 Å². The van der Waals surface area contributed by atoms with Gasteiger partial charge in [-0.25, -0.2) is 0 Å². The van der Waals surface area contributed by atoms with Crippen molar-refractivity contribution in [1.82, 2.24) is 15.5 Å². The average Bonchev–Trinajstić information content (AvgIpc) is 2.95. The first-order valence-electron chi connectivity index (χ1n) is 6.87. The minimum Gasteiger partial charge on any atom is -0.496 e. The lowest BCUT2D eigenvalue weighted by atomic mass is 10.1. The summed E-state index contributed by atoms with van der Waals surface area (Å²) in [6.45, 7) is 7.07. The van der Waals surface area contributed by atoms with Crippen LogP contribution in [0, 0.1) is 6.92 Å². The molecule has 20 heavy (non-hydrogen) atoms. The Bertz CT molecular complexity index is 566. The molecule has 0 saturated heterocycles. The van der Waals surface area contributed by atoms with Gasteiger partial charge in [-0.1, -0.05) is 13.0 Å². The number of benzene rings is 1. The molecule has 1 atom stereocenters. The molecule has 1 aromatic heterocycles. The molecule has 0 spiro atoms. The lowest BCUT2D eigenvalue weighted by Crippen LogP contribution is -2.19. The van der Waals surface area contributed by atoms with E-state index < -0.39 is 0 Å². The van der Waals surface area contributed by atoms with Crippen LogP contribution in [0.3, 0.4) is 0 Å². The number of aryl methyl sites for hydroxylation is 1. The molecule has 1 heterocycles. The molecule has 1 aromatic carbocycles. The summed E-state index contributed by atoms with van der Waals surface area (Å²) in [5.74, 6) is 1.94. The van der Waals surface area contributed by atoms with Gasteiger partial charge in [0.2, 0.25) is 11.8 Å². The standard InChI is InChI=1S/C15H21N3O2/c1-5-8-16-11(3)14-17-18-15(20-14)12-7-6-10(2)13(9-12)19-4/h6-7,9,11,16H,5,8H2,1-4H3. The second-order valence-corrected chi connectivity index (χ2v) is 4.81. The summed E-state index contributed by atoms with van der Waals surface area (Å²) in [6, 6.07) is 5.91. The van der Waals surface area contributed by atoms with E-state index in [1.807, 2.05) is 32.0 Å². The van der Waals surface area contributed by atoms with Crippen molar-refractivity contribution in [1.29, 1.82) is 0 Å². The quantitative estimate of drug-likeness (QED) is 0.877. The highest BCUT2D eigenvalue weighted by atomic mass is 16.5. The predicted molar refractivity (Wildman–Crippen MR) is 77.7 cm³/mol. The van der Waals surface area contributed by atoms with Crippen LogP contribution in [0.1, 0.15) is 37.8 Å². The number of ether oxygens (including phenoxy) is 1. The van der Waals surface area contributed by atoms with Gasteiger partial charge in [0.25, 0.3) is 0 Å². The Morgan fingerprint density at radius 2 is 2.15 bits per heavy atom. The Kier molecular flexibility index (Phi) is 4.74. The van der Waals surface area contributed by atoms with E-state index in [-0.39, 0.29) is 6.04 Å². The maximum Gasteiger partial charge on any atom is 0.247 e. The minimum atomic E-state index is 0.0588. The van der Waals surface area contributed by atoms with Crippen LogP contribution in [0.4, 0.5) is 0 Å². The van der Waals surface area contributed by atoms with Gasteiger partial charge in [-0.15, -0.1) is 10.2 Å². The van der Waals surface area contributed by atoms with Crippen molar-refractivity contribution in [2.75, 3.05) is 13.7 Å². The predicted octanol–water partition coefficient (Wildman–Crippen LogP) is 3.11. The Morgan fingerprint density at radius 3 is 2.85 bits per heavy atom. The molecule has 2 rings (SSSR count). The van der Waals surface area contributed by atoms with Gasteiger partial charge in [-0.05, 0) is 44.5 Å². The Labute approximate surface area is 119 Å². The first-order valence-corrected chi connectivity index (χ1v) is 6.87. The van der Waals surface area contributed by atoms with Gasteiger partial charge in [-0.2, -0.15) is 0 Å². The number of hydrogen-bond acceptors (Lipinski definition) is 5. The van der Waals surface area contributed by atoms with Crippen molar-refractivity contribution in [3.63, 3.8) is 0 Å². The molecule has 0 saturated carbocycles. The molecular weight excluding hydrogens is 254 g/mol. The van der Waals surface area contributed by atoms with E-state index in [4.69, 9.17) is 9.15 Å². The van der Waals surface area contributed by atoms with E-state index in [2.05, 4.69) is 22.4 Å². The van der Waals surface area contributed by atoms with Crippen LogP contribution >= 0.6 is 0 Å². The van der Waals surface area contributed by atoms with Gasteiger partial charge in [0.15, 0.2) is 0 Å². The third kappa shape index (κ3) is 3.17. The monoisotopic (exact) mass is 275 g/mol. The molecule has 0 aliphatic rings. The second kappa shape index (κ2) is 6.52. The highest BCUT2D eigenvalue weighted by Gasteiger charge is 2.15. The van der Waals surface area contributed by atoms with E-state index in [9.17, 15) is 0 Å². The fourth-order valence-electron chi connectivity index (χ4n) is 1.93. The van der Waals surface area contributed by atoms with E-state index in [1.165, 1.54) is 0 Å². The molecule has 1 unspecified atom stereocenters. The minimum absolute atomic E-state index is 0.0588. The van der Waals surface area contributed by atoms with Crippen molar-refractivity contribution >= 4 is 0 Å². The maximum atomic E-state index is 5.73. The van der Waals surface area contributed by atoms with Gasteiger partial charge in [0.05, 0.1) is 13.2 Å². The van der Waals surface area contributed by atoms with E-state index in [0.717, 1.165) is 29.8 Å². The average molecular weight is 275 g/mol. The summed E-state index contributed by atoms with van der Waals surface area (Å²) in [5, 5.41) is 11.5. The normalized spacial score (nSPS) is 12.4. The molecule has 1 N–H and O–H groups in total. The van der Waals surface area contributed by atoms with Gasteiger partial charge in [-0.3, -0.25) is 0 Å². The third-order valence-electron chi connectivity index (χ3n) is 3.17. The molecule has 5 heteroatoms. The van der Waals surface area contributed by atoms with Crippen LogP contribution in [0.15, 0.2) is 22.6 Å². The van der Waals surface area contributed by atoms with Gasteiger partial charge in [0.1, 0.15) is 5.75 Å². The summed E-state index contributed by atoms with van der Waals surface area (Å²) < 4.78 is 11.0. The van der Waals surface area contributed by atoms with Crippen molar-refractivity contribution < 1.29 is 9.15 Å². The zero-order valence-corrected chi connectivity index (χ0v) is 12.4. The number of hydrogen-bond donors (Lipinski definition) is 1. The fourth-order valence-corrected chi connectivity index (χ4v) is 1.93. The van der Waals surface area contributed by atoms with Crippen LogP contribution in [0.25, 0.3) is 11.5 Å². The number of nitrogens with one attached hydrogen (secondary N) is 1. The Hall–Kier alpha value is -1.88. The third-order valence-corrected chi connectivity index (χ3v) is 3.17. The molecule has 2 aromatic rings. The smallest absolute Gasteiger partial charge is 0.247 e. The summed E-state index contributed by atoms with van der Waals surface area (Å²) in [5.41, 5.74) is 1.95. The first kappa shape index (κ1) is 14.5. The molecule has 0 amide bonds. The van der Waals surface area contributed by atoms with Crippen LogP contribution < -0.4 is 10.1 Å². The van der Waals surface area contributed by atoms with Crippen LogP contribution in [-0.4, -0.2) is 23.9 Å². The zero-order chi connectivity index (χ0) is 14.5. The first-order chi connectivity index (χ1) is 9.65. The van der Waals surface area contributed by atoms with Gasteiger partial charge < -0.3 is 14.5 Å². The van der Waals surface area contributed by atoms with Crippen LogP contribution in [0.5, 0.6) is 5.75 Å². The summed E-state index contributed by atoms with van der Waals surface area (Å²) in [6.07, 6.45) is 1.07. The maximum absolute atomic E-state index is 5.73. The highest BCUT2D eigenvalue weighted by Crippen LogP contribution is 2.26. The highest BCUT2D eigenvalue weighted by molar-refractivity contribution is 5.57. The number of nitrogens with zero attached hydrogens (tertiary/aromatic N) is 2. The van der Waals surface area contributed by atoms with Gasteiger partial charge in [0, 0.05) is 5.56 Å². The van der Waals surface area contributed by atoms with Crippen molar-refractivity contribution in [3.8, 4) is 17.2 Å². The summed E-state index contributed by atoms with van der Waals surface area (Å²) in [7, 11) is 1.65. The lowest BCUT2D eigenvalue weighted by Gasteiger charge is -2.07. The van der Waals surface area contributed by atoms with Crippen LogP contribution in [-0.2, 0) is 0 Å². The largest absolute Gasteiger partial charge is 0.496 e. The van der Waals surface area contributed by atoms with E-state index >= 15 is 0 Å². The van der Waals surface area contributed by atoms with Crippen LogP contribution in [0.2, 0.25) is 0 Å². The number of methoxy groups -OCH3 is 1. The lowest BCUT2D eigenvalue weighted by molar-refractivity contribution is 0.410. The molecule has 0 radical (unpaired) electrons.